The van der Waals surface area contributed by atoms with Crippen LogP contribution in [0, 0.1) is 6.92 Å². The Hall–Kier alpha value is -2.48. The summed E-state index contributed by atoms with van der Waals surface area (Å²) in [4.78, 5) is 0. The van der Waals surface area contributed by atoms with E-state index in [9.17, 15) is 5.11 Å². The van der Waals surface area contributed by atoms with Crippen molar-refractivity contribution in [3.8, 4) is 0 Å². The molecule has 0 amide bonds. The molecule has 0 radical (unpaired) electrons. The molecule has 0 aliphatic heterocycles. The van der Waals surface area contributed by atoms with Gasteiger partial charge in [0.15, 0.2) is 5.82 Å². The van der Waals surface area contributed by atoms with E-state index in [0.29, 0.717) is 28.0 Å². The summed E-state index contributed by atoms with van der Waals surface area (Å²) in [6.07, 6.45) is -0.943. The molecule has 0 bridgehead atoms. The number of rotatable bonds is 4. The summed E-state index contributed by atoms with van der Waals surface area (Å²) < 4.78 is 3.28. The minimum Gasteiger partial charge on any atom is -0.380 e. The molecule has 2 aromatic heterocycles. The van der Waals surface area contributed by atoms with Gasteiger partial charge in [-0.1, -0.05) is 41.4 Å². The number of aromatic nitrogens is 6. The van der Waals surface area contributed by atoms with Crippen molar-refractivity contribution in [2.24, 2.45) is 7.05 Å². The van der Waals surface area contributed by atoms with Crippen LogP contribution in [0.15, 0.2) is 36.4 Å². The highest BCUT2D eigenvalue weighted by Gasteiger charge is 2.19. The molecule has 9 heteroatoms. The molecule has 1 atom stereocenters. The van der Waals surface area contributed by atoms with E-state index in [1.807, 2.05) is 35.9 Å². The van der Waals surface area contributed by atoms with E-state index in [2.05, 4.69) is 20.6 Å². The van der Waals surface area contributed by atoms with Crippen LogP contribution in [-0.4, -0.2) is 35.1 Å². The third kappa shape index (κ3) is 3.18. The number of fused-ring (bicyclic) bond motifs is 1. The first kappa shape index (κ1) is 17.9. The molecule has 4 aromatic rings. The summed E-state index contributed by atoms with van der Waals surface area (Å²) in [5, 5.41) is 28.7. The van der Waals surface area contributed by atoms with Crippen molar-refractivity contribution in [2.75, 3.05) is 0 Å². The Labute approximate surface area is 165 Å². The first-order valence-electron chi connectivity index (χ1n) is 8.26. The molecule has 0 aliphatic rings. The second kappa shape index (κ2) is 6.92. The maximum absolute atomic E-state index is 10.7. The highest BCUT2D eigenvalue weighted by Crippen LogP contribution is 2.29. The molecule has 1 N–H and O–H groups in total. The van der Waals surface area contributed by atoms with E-state index in [4.69, 9.17) is 23.2 Å². The second-order valence-corrected chi connectivity index (χ2v) is 7.10. The molecule has 2 aromatic carbocycles. The van der Waals surface area contributed by atoms with Crippen molar-refractivity contribution in [2.45, 2.75) is 19.6 Å². The average molecular weight is 403 g/mol. The highest BCUT2D eigenvalue weighted by atomic mass is 35.5. The zero-order valence-corrected chi connectivity index (χ0v) is 16.1. The Bertz CT molecular complexity index is 1120. The second-order valence-electron chi connectivity index (χ2n) is 6.28. The third-order valence-electron chi connectivity index (χ3n) is 4.54. The smallest absolute Gasteiger partial charge is 0.184 e. The molecule has 0 saturated carbocycles. The van der Waals surface area contributed by atoms with Gasteiger partial charge < -0.3 is 5.11 Å². The van der Waals surface area contributed by atoms with Gasteiger partial charge in [-0.3, -0.25) is 4.68 Å². The predicted molar refractivity (Wildman–Crippen MR) is 103 cm³/mol. The van der Waals surface area contributed by atoms with E-state index in [1.165, 1.54) is 4.68 Å². The maximum atomic E-state index is 10.7. The predicted octanol–water partition coefficient (Wildman–Crippen LogP) is 3.31. The maximum Gasteiger partial charge on any atom is 0.184 e. The van der Waals surface area contributed by atoms with Gasteiger partial charge in [0.2, 0.25) is 0 Å². The van der Waals surface area contributed by atoms with E-state index in [0.717, 1.165) is 22.2 Å². The van der Waals surface area contributed by atoms with Gasteiger partial charge in [0, 0.05) is 28.0 Å². The van der Waals surface area contributed by atoms with E-state index >= 15 is 0 Å². The van der Waals surface area contributed by atoms with Crippen molar-refractivity contribution in [3.05, 3.63) is 69.1 Å². The SMILES string of the molecule is Cc1nn(Cc2c(Cl)cccc2Cl)c2cc(C(O)c3nnnn3C)ccc12. The van der Waals surface area contributed by atoms with Crippen molar-refractivity contribution in [1.82, 2.24) is 30.0 Å². The normalized spacial score (nSPS) is 12.6. The van der Waals surface area contributed by atoms with Crippen LogP contribution in [0.3, 0.4) is 0 Å². The summed E-state index contributed by atoms with van der Waals surface area (Å²) in [5.74, 6) is 0.367. The van der Waals surface area contributed by atoms with Gasteiger partial charge in [-0.15, -0.1) is 5.10 Å². The molecule has 2 heterocycles. The van der Waals surface area contributed by atoms with Crippen LogP contribution in [0.5, 0.6) is 0 Å². The zero-order chi connectivity index (χ0) is 19.1. The van der Waals surface area contributed by atoms with Crippen LogP contribution in [0.1, 0.15) is 28.7 Å². The van der Waals surface area contributed by atoms with Crippen molar-refractivity contribution >= 4 is 34.1 Å². The largest absolute Gasteiger partial charge is 0.380 e. The van der Waals surface area contributed by atoms with Crippen LogP contribution in [0.25, 0.3) is 10.9 Å². The van der Waals surface area contributed by atoms with Crippen LogP contribution in [-0.2, 0) is 13.6 Å². The Morgan fingerprint density at radius 1 is 1.15 bits per heavy atom. The highest BCUT2D eigenvalue weighted by molar-refractivity contribution is 6.36. The molecule has 0 aliphatic carbocycles. The summed E-state index contributed by atoms with van der Waals surface area (Å²) in [6, 6.07) is 11.1. The molecule has 0 saturated heterocycles. The number of tetrazole rings is 1. The molecule has 4 rings (SSSR count). The van der Waals surface area contributed by atoms with Gasteiger partial charge in [-0.25, -0.2) is 4.68 Å². The van der Waals surface area contributed by atoms with Gasteiger partial charge in [0.25, 0.3) is 0 Å². The number of aliphatic hydroxyl groups is 1. The molecule has 27 heavy (non-hydrogen) atoms. The number of halogens is 2. The molecule has 7 nitrogen and oxygen atoms in total. The number of hydrogen-bond acceptors (Lipinski definition) is 5. The van der Waals surface area contributed by atoms with Crippen LogP contribution in [0.2, 0.25) is 10.0 Å². The molecule has 1 unspecified atom stereocenters. The van der Waals surface area contributed by atoms with Gasteiger partial charge >= 0.3 is 0 Å². The lowest BCUT2D eigenvalue weighted by Crippen LogP contribution is -2.08. The zero-order valence-electron chi connectivity index (χ0n) is 14.6. The van der Waals surface area contributed by atoms with Crippen LogP contribution in [0.4, 0.5) is 0 Å². The minimum absolute atomic E-state index is 0.367. The van der Waals surface area contributed by atoms with Gasteiger partial charge in [-0.05, 0) is 41.1 Å². The Balaban J connectivity index is 1.79. The average Bonchev–Trinajstić information content (AvgIpc) is 3.21. The lowest BCUT2D eigenvalue weighted by Gasteiger charge is -2.11. The van der Waals surface area contributed by atoms with E-state index < -0.39 is 6.10 Å². The third-order valence-corrected chi connectivity index (χ3v) is 5.25. The Morgan fingerprint density at radius 3 is 2.56 bits per heavy atom. The number of benzene rings is 2. The molecule has 0 fully saturated rings. The lowest BCUT2D eigenvalue weighted by molar-refractivity contribution is 0.204. The van der Waals surface area contributed by atoms with Gasteiger partial charge in [-0.2, -0.15) is 5.10 Å². The quantitative estimate of drug-likeness (QED) is 0.566. The molecular formula is C18H16Cl2N6O. The number of nitrogens with zero attached hydrogens (tertiary/aromatic N) is 6. The number of hydrogen-bond donors (Lipinski definition) is 1. The summed E-state index contributed by atoms with van der Waals surface area (Å²) in [7, 11) is 1.69. The summed E-state index contributed by atoms with van der Waals surface area (Å²) >= 11 is 12.6. The number of aryl methyl sites for hydroxylation is 2. The molecular weight excluding hydrogens is 387 g/mol. The lowest BCUT2D eigenvalue weighted by atomic mass is 10.1. The fourth-order valence-electron chi connectivity index (χ4n) is 3.10. The first-order valence-corrected chi connectivity index (χ1v) is 9.01. The summed E-state index contributed by atoms with van der Waals surface area (Å²) in [6.45, 7) is 2.36. The molecule has 0 spiro atoms. The Kier molecular flexibility index (Phi) is 4.59. The van der Waals surface area contributed by atoms with Gasteiger partial charge in [0.05, 0.1) is 17.8 Å². The van der Waals surface area contributed by atoms with Crippen molar-refractivity contribution < 1.29 is 5.11 Å². The van der Waals surface area contributed by atoms with Crippen molar-refractivity contribution in [3.63, 3.8) is 0 Å². The standard InChI is InChI=1S/C18H16Cl2N6O/c1-10-12-7-6-11(17(27)18-21-23-24-25(18)2)8-16(12)26(22-10)9-13-14(19)4-3-5-15(13)20/h3-8,17,27H,9H2,1-2H3. The van der Waals surface area contributed by atoms with Crippen LogP contribution < -0.4 is 0 Å². The minimum atomic E-state index is -0.943. The van der Waals surface area contributed by atoms with E-state index in [-0.39, 0.29) is 0 Å². The fraction of sp³-hybridized carbons (Fsp3) is 0.222. The van der Waals surface area contributed by atoms with Crippen molar-refractivity contribution in [1.29, 1.82) is 0 Å². The number of aliphatic hydroxyl groups excluding tert-OH is 1. The summed E-state index contributed by atoms with van der Waals surface area (Å²) in [5.41, 5.74) is 3.23. The van der Waals surface area contributed by atoms with E-state index in [1.54, 1.807) is 19.2 Å². The van der Waals surface area contributed by atoms with Gasteiger partial charge in [0.1, 0.15) is 6.10 Å². The first-order chi connectivity index (χ1) is 13.0. The molecule has 138 valence electrons. The van der Waals surface area contributed by atoms with Crippen LogP contribution >= 0.6 is 23.2 Å². The monoisotopic (exact) mass is 402 g/mol. The fourth-order valence-corrected chi connectivity index (χ4v) is 3.61. The topological polar surface area (TPSA) is 81.7 Å². The Morgan fingerprint density at radius 2 is 1.89 bits per heavy atom.